The number of hydrogen-bond donors (Lipinski definition) is 3. The molecule has 1 atom stereocenters. The predicted octanol–water partition coefficient (Wildman–Crippen LogP) is 1.50. The predicted molar refractivity (Wildman–Crippen MR) is 88.7 cm³/mol. The number of aromatic amines is 1. The molecule has 130 valence electrons. The van der Waals surface area contributed by atoms with Crippen LogP contribution < -0.4 is 5.32 Å². The Labute approximate surface area is 140 Å². The zero-order valence-electron chi connectivity index (χ0n) is 13.8. The molecule has 7 nitrogen and oxygen atoms in total. The number of hydrogen-bond acceptors (Lipinski definition) is 5. The molecule has 0 aliphatic carbocycles. The average Bonchev–Trinajstić information content (AvgIpc) is 2.96. The molecule has 0 fully saturated rings. The number of benzene rings is 1. The van der Waals surface area contributed by atoms with Gasteiger partial charge in [0.05, 0.1) is 13.7 Å². The minimum absolute atomic E-state index is 0.138. The maximum Gasteiger partial charge on any atom is 0.328 e. The maximum atomic E-state index is 12.0. The van der Waals surface area contributed by atoms with E-state index in [0.29, 0.717) is 13.2 Å². The van der Waals surface area contributed by atoms with Gasteiger partial charge < -0.3 is 24.9 Å². The molecule has 0 saturated carbocycles. The van der Waals surface area contributed by atoms with Crippen LogP contribution in [-0.2, 0) is 25.5 Å². The van der Waals surface area contributed by atoms with Crippen molar-refractivity contribution in [2.75, 3.05) is 20.3 Å². The molecule has 24 heavy (non-hydrogen) atoms. The van der Waals surface area contributed by atoms with Crippen molar-refractivity contribution < 1.29 is 24.2 Å². The molecule has 2 rings (SSSR count). The van der Waals surface area contributed by atoms with E-state index in [2.05, 4.69) is 10.3 Å². The fourth-order valence-corrected chi connectivity index (χ4v) is 2.47. The molecule has 0 saturated heterocycles. The summed E-state index contributed by atoms with van der Waals surface area (Å²) >= 11 is 0. The summed E-state index contributed by atoms with van der Waals surface area (Å²) in [6.07, 6.45) is 2.19. The van der Waals surface area contributed by atoms with Crippen LogP contribution in [0.25, 0.3) is 10.9 Å². The van der Waals surface area contributed by atoms with Crippen molar-refractivity contribution in [2.45, 2.75) is 25.8 Å². The largest absolute Gasteiger partial charge is 0.508 e. The van der Waals surface area contributed by atoms with E-state index in [4.69, 9.17) is 9.47 Å². The van der Waals surface area contributed by atoms with E-state index in [9.17, 15) is 14.7 Å². The number of ether oxygens (including phenoxy) is 2. The van der Waals surface area contributed by atoms with Crippen LogP contribution in [0.4, 0.5) is 0 Å². The molecule has 1 heterocycles. The molecule has 1 amide bonds. The summed E-state index contributed by atoms with van der Waals surface area (Å²) in [6.45, 7) is 2.69. The lowest BCUT2D eigenvalue weighted by atomic mass is 10.0. The number of aromatic hydroxyl groups is 1. The molecular formula is C17H22N2O5. The third kappa shape index (κ3) is 4.48. The molecule has 0 aliphatic heterocycles. The Morgan fingerprint density at radius 2 is 2.17 bits per heavy atom. The van der Waals surface area contributed by atoms with Gasteiger partial charge >= 0.3 is 5.97 Å². The van der Waals surface area contributed by atoms with Gasteiger partial charge in [-0.3, -0.25) is 4.79 Å². The Bertz CT molecular complexity index is 710. The highest BCUT2D eigenvalue weighted by Gasteiger charge is 2.23. The van der Waals surface area contributed by atoms with Crippen LogP contribution in [0.2, 0.25) is 0 Å². The number of esters is 1. The summed E-state index contributed by atoms with van der Waals surface area (Å²) < 4.78 is 9.92. The number of aromatic nitrogens is 1. The normalized spacial score (nSPS) is 12.1. The Balaban J connectivity index is 2.11. The highest BCUT2D eigenvalue weighted by molar-refractivity contribution is 5.87. The SMILES string of the molecule is CCOCCC(=O)N[C@@H](Cc1c[nH]c2ccc(O)cc12)C(=O)OC. The van der Waals surface area contributed by atoms with Crippen LogP contribution >= 0.6 is 0 Å². The molecule has 2 aromatic rings. The maximum absolute atomic E-state index is 12.0. The minimum atomic E-state index is -0.800. The van der Waals surface area contributed by atoms with Crippen LogP contribution in [0.3, 0.4) is 0 Å². The number of carbonyl (C=O) groups is 2. The first-order chi connectivity index (χ1) is 11.5. The van der Waals surface area contributed by atoms with E-state index in [-0.39, 0.29) is 24.5 Å². The van der Waals surface area contributed by atoms with Crippen molar-refractivity contribution in [3.05, 3.63) is 30.0 Å². The average molecular weight is 334 g/mol. The van der Waals surface area contributed by atoms with E-state index in [0.717, 1.165) is 16.5 Å². The zero-order chi connectivity index (χ0) is 17.5. The van der Waals surface area contributed by atoms with Gasteiger partial charge in [-0.1, -0.05) is 0 Å². The topological polar surface area (TPSA) is 101 Å². The number of fused-ring (bicyclic) bond motifs is 1. The van der Waals surface area contributed by atoms with E-state index >= 15 is 0 Å². The lowest BCUT2D eigenvalue weighted by Gasteiger charge is -2.16. The summed E-state index contributed by atoms with van der Waals surface area (Å²) in [5.41, 5.74) is 1.65. The van der Waals surface area contributed by atoms with Crippen LogP contribution in [0.5, 0.6) is 5.75 Å². The van der Waals surface area contributed by atoms with Gasteiger partial charge in [0.2, 0.25) is 5.91 Å². The zero-order valence-corrected chi connectivity index (χ0v) is 13.8. The fourth-order valence-electron chi connectivity index (χ4n) is 2.47. The van der Waals surface area contributed by atoms with Crippen LogP contribution in [0, 0.1) is 0 Å². The van der Waals surface area contributed by atoms with Gasteiger partial charge in [-0.15, -0.1) is 0 Å². The highest BCUT2D eigenvalue weighted by atomic mass is 16.5. The van der Waals surface area contributed by atoms with Crippen molar-refractivity contribution >= 4 is 22.8 Å². The number of rotatable bonds is 8. The summed E-state index contributed by atoms with van der Waals surface area (Å²) in [5, 5.41) is 13.1. The number of nitrogens with one attached hydrogen (secondary N) is 2. The second-order valence-corrected chi connectivity index (χ2v) is 5.34. The molecule has 0 spiro atoms. The second-order valence-electron chi connectivity index (χ2n) is 5.34. The summed E-state index contributed by atoms with van der Waals surface area (Å²) in [7, 11) is 1.28. The number of phenolic OH excluding ortho intramolecular Hbond substituents is 1. The van der Waals surface area contributed by atoms with Gasteiger partial charge in [0, 0.05) is 36.5 Å². The molecule has 7 heteroatoms. The second kappa shape index (κ2) is 8.35. The minimum Gasteiger partial charge on any atom is -0.508 e. The van der Waals surface area contributed by atoms with Gasteiger partial charge in [0.15, 0.2) is 0 Å². The van der Waals surface area contributed by atoms with E-state index in [1.807, 2.05) is 6.92 Å². The lowest BCUT2D eigenvalue weighted by molar-refractivity contribution is -0.145. The van der Waals surface area contributed by atoms with Gasteiger partial charge in [-0.2, -0.15) is 0 Å². The molecule has 0 bridgehead atoms. The third-order valence-corrected chi connectivity index (χ3v) is 3.67. The molecule has 1 aromatic heterocycles. The Morgan fingerprint density at radius 3 is 2.88 bits per heavy atom. The molecule has 0 unspecified atom stereocenters. The first-order valence-corrected chi connectivity index (χ1v) is 7.79. The van der Waals surface area contributed by atoms with Crippen molar-refractivity contribution in [2.24, 2.45) is 0 Å². The molecule has 0 aliphatic rings. The quantitative estimate of drug-likeness (QED) is 0.502. The smallest absolute Gasteiger partial charge is 0.328 e. The lowest BCUT2D eigenvalue weighted by Crippen LogP contribution is -2.43. The van der Waals surface area contributed by atoms with Crippen molar-refractivity contribution in [1.82, 2.24) is 10.3 Å². The van der Waals surface area contributed by atoms with Gasteiger partial charge in [0.25, 0.3) is 0 Å². The Kier molecular flexibility index (Phi) is 6.20. The fraction of sp³-hybridized carbons (Fsp3) is 0.412. The first kappa shape index (κ1) is 17.8. The van der Waals surface area contributed by atoms with Crippen molar-refractivity contribution in [3.63, 3.8) is 0 Å². The highest BCUT2D eigenvalue weighted by Crippen LogP contribution is 2.24. The van der Waals surface area contributed by atoms with Gasteiger partial charge in [-0.05, 0) is 30.7 Å². The molecular weight excluding hydrogens is 312 g/mol. The summed E-state index contributed by atoms with van der Waals surface area (Å²) in [5.74, 6) is -0.658. The van der Waals surface area contributed by atoms with E-state index in [1.54, 1.807) is 24.4 Å². The summed E-state index contributed by atoms with van der Waals surface area (Å²) in [6, 6.07) is 4.15. The van der Waals surface area contributed by atoms with Crippen molar-refractivity contribution in [3.8, 4) is 5.75 Å². The number of carbonyl (C=O) groups excluding carboxylic acids is 2. The molecule has 1 aromatic carbocycles. The number of H-pyrrole nitrogens is 1. The first-order valence-electron chi connectivity index (χ1n) is 7.79. The van der Waals surface area contributed by atoms with Crippen molar-refractivity contribution in [1.29, 1.82) is 0 Å². The standard InChI is InChI=1S/C17H22N2O5/c1-3-24-7-6-16(21)19-15(17(22)23-2)8-11-10-18-14-5-4-12(20)9-13(11)14/h4-5,9-10,15,18,20H,3,6-8H2,1-2H3,(H,19,21)/t15-/m0/s1. The van der Waals surface area contributed by atoms with Gasteiger partial charge in [0.1, 0.15) is 11.8 Å². The number of phenols is 1. The molecule has 3 N–H and O–H groups in total. The van der Waals surface area contributed by atoms with Crippen LogP contribution in [0.15, 0.2) is 24.4 Å². The summed E-state index contributed by atoms with van der Waals surface area (Å²) in [4.78, 5) is 27.0. The Hall–Kier alpha value is -2.54. The number of methoxy groups -OCH3 is 1. The number of amides is 1. The van der Waals surface area contributed by atoms with Crippen LogP contribution in [0.1, 0.15) is 18.9 Å². The van der Waals surface area contributed by atoms with E-state index in [1.165, 1.54) is 7.11 Å². The van der Waals surface area contributed by atoms with Gasteiger partial charge in [-0.25, -0.2) is 4.79 Å². The van der Waals surface area contributed by atoms with E-state index < -0.39 is 12.0 Å². The third-order valence-electron chi connectivity index (χ3n) is 3.67. The monoisotopic (exact) mass is 334 g/mol. The van der Waals surface area contributed by atoms with Crippen LogP contribution in [-0.4, -0.2) is 48.3 Å². The Morgan fingerprint density at radius 1 is 1.38 bits per heavy atom. The molecule has 0 radical (unpaired) electrons.